The van der Waals surface area contributed by atoms with Gasteiger partial charge in [0.25, 0.3) is 0 Å². The third-order valence-corrected chi connectivity index (χ3v) is 5.67. The van der Waals surface area contributed by atoms with Gasteiger partial charge in [-0.2, -0.15) is 10.1 Å². The molecule has 2 saturated heterocycles. The van der Waals surface area contributed by atoms with E-state index in [2.05, 4.69) is 25.5 Å². The van der Waals surface area contributed by atoms with Crippen molar-refractivity contribution in [3.8, 4) is 5.88 Å². The maximum atomic E-state index is 6.02. The first kappa shape index (κ1) is 21.6. The number of morpholine rings is 2. The van der Waals surface area contributed by atoms with Crippen molar-refractivity contribution in [1.29, 1.82) is 0 Å². The van der Waals surface area contributed by atoms with Gasteiger partial charge in [0.15, 0.2) is 5.58 Å². The first-order valence-electron chi connectivity index (χ1n) is 11.3. The number of aromatic nitrogens is 2. The van der Waals surface area contributed by atoms with Crippen LogP contribution in [-0.2, 0) is 9.47 Å². The van der Waals surface area contributed by atoms with Gasteiger partial charge in [0.2, 0.25) is 5.88 Å². The molecule has 2 aliphatic heterocycles. The first-order valence-corrected chi connectivity index (χ1v) is 11.3. The monoisotopic (exact) mass is 452 g/mol. The molecule has 4 heterocycles. The zero-order valence-corrected chi connectivity index (χ0v) is 18.5. The minimum Gasteiger partial charge on any atom is -0.476 e. The topological polar surface area (TPSA) is 97.5 Å². The summed E-state index contributed by atoms with van der Waals surface area (Å²) in [6, 6.07) is 11.5. The van der Waals surface area contributed by atoms with Gasteiger partial charge in [-0.3, -0.25) is 10.3 Å². The zero-order chi connectivity index (χ0) is 22.3. The molecule has 0 amide bonds. The van der Waals surface area contributed by atoms with Crippen LogP contribution < -0.4 is 15.1 Å². The van der Waals surface area contributed by atoms with E-state index in [0.717, 1.165) is 68.4 Å². The van der Waals surface area contributed by atoms with Crippen LogP contribution in [0, 0.1) is 0 Å². The smallest absolute Gasteiger partial charge is 0.217 e. The Morgan fingerprint density at radius 2 is 1.82 bits per heavy atom. The lowest BCUT2D eigenvalue weighted by molar-refractivity contribution is 0.0320. The van der Waals surface area contributed by atoms with Crippen LogP contribution in [0.4, 0.5) is 11.5 Å². The molecular formula is C23H28N6O4. The molecule has 0 spiro atoms. The van der Waals surface area contributed by atoms with Gasteiger partial charge >= 0.3 is 0 Å². The van der Waals surface area contributed by atoms with E-state index in [-0.39, 0.29) is 0 Å². The van der Waals surface area contributed by atoms with Crippen LogP contribution in [0.5, 0.6) is 5.88 Å². The number of para-hydroxylation sites is 1. The van der Waals surface area contributed by atoms with E-state index in [4.69, 9.17) is 23.7 Å². The summed E-state index contributed by atoms with van der Waals surface area (Å²) in [6.07, 6.45) is 1.65. The average molecular weight is 453 g/mol. The highest BCUT2D eigenvalue weighted by Crippen LogP contribution is 2.24. The fourth-order valence-corrected chi connectivity index (χ4v) is 3.85. The molecule has 1 aromatic carbocycles. The van der Waals surface area contributed by atoms with Crippen molar-refractivity contribution in [3.63, 3.8) is 0 Å². The van der Waals surface area contributed by atoms with E-state index in [9.17, 15) is 0 Å². The second kappa shape index (κ2) is 10.6. The molecule has 10 nitrogen and oxygen atoms in total. The van der Waals surface area contributed by atoms with Gasteiger partial charge in [-0.25, -0.2) is 0 Å². The largest absolute Gasteiger partial charge is 0.476 e. The Kier molecular flexibility index (Phi) is 6.95. The van der Waals surface area contributed by atoms with Crippen LogP contribution in [0.3, 0.4) is 0 Å². The Morgan fingerprint density at radius 3 is 2.67 bits per heavy atom. The number of anilines is 2. The van der Waals surface area contributed by atoms with Crippen LogP contribution in [0.2, 0.25) is 0 Å². The van der Waals surface area contributed by atoms with Gasteiger partial charge in [0, 0.05) is 44.9 Å². The molecule has 10 heteroatoms. The molecule has 2 aromatic heterocycles. The van der Waals surface area contributed by atoms with E-state index in [0.29, 0.717) is 31.4 Å². The Bertz CT molecular complexity index is 1080. The molecule has 33 heavy (non-hydrogen) atoms. The van der Waals surface area contributed by atoms with Crippen molar-refractivity contribution < 1.29 is 18.7 Å². The van der Waals surface area contributed by atoms with Crippen molar-refractivity contribution in [2.45, 2.75) is 0 Å². The number of hydrazone groups is 1. The van der Waals surface area contributed by atoms with Gasteiger partial charge < -0.3 is 23.6 Å². The summed E-state index contributed by atoms with van der Waals surface area (Å²) in [6.45, 7) is 7.77. The number of pyridine rings is 1. The number of rotatable bonds is 8. The third kappa shape index (κ3) is 5.59. The number of benzene rings is 1. The van der Waals surface area contributed by atoms with Crippen LogP contribution >= 0.6 is 0 Å². The lowest BCUT2D eigenvalue weighted by Crippen LogP contribution is -2.38. The minimum absolute atomic E-state index is 0.563. The highest BCUT2D eigenvalue weighted by Gasteiger charge is 2.16. The Morgan fingerprint density at radius 1 is 1.03 bits per heavy atom. The standard InChI is InChI=1S/C23H28N6O4/c1-2-4-21-19(3-1)20(27-33-21)17-24-26-18-15-22(29-8-12-31-13-9-29)25-23(16-18)32-14-7-28-5-10-30-11-6-28/h1-4,15-17H,5-14H2,(H,25,26)/b24-17+. The van der Waals surface area contributed by atoms with E-state index in [1.165, 1.54) is 0 Å². The average Bonchev–Trinajstić information content (AvgIpc) is 3.28. The van der Waals surface area contributed by atoms with E-state index in [1.54, 1.807) is 6.21 Å². The molecule has 2 fully saturated rings. The predicted octanol–water partition coefficient (Wildman–Crippen LogP) is 2.22. The first-order chi connectivity index (χ1) is 16.3. The summed E-state index contributed by atoms with van der Waals surface area (Å²) in [5.41, 5.74) is 5.28. The number of nitrogens with zero attached hydrogens (tertiary/aromatic N) is 5. The molecule has 0 radical (unpaired) electrons. The van der Waals surface area contributed by atoms with Gasteiger partial charge in [0.05, 0.1) is 43.7 Å². The second-order valence-corrected chi connectivity index (χ2v) is 7.89. The lowest BCUT2D eigenvalue weighted by Gasteiger charge is -2.28. The molecule has 0 bridgehead atoms. The predicted molar refractivity (Wildman–Crippen MR) is 125 cm³/mol. The molecular weight excluding hydrogens is 424 g/mol. The normalized spacial score (nSPS) is 17.6. The molecule has 5 rings (SSSR count). The van der Waals surface area contributed by atoms with Crippen molar-refractivity contribution in [2.75, 3.05) is 76.1 Å². The molecule has 3 aromatic rings. The second-order valence-electron chi connectivity index (χ2n) is 7.89. The van der Waals surface area contributed by atoms with E-state index < -0.39 is 0 Å². The summed E-state index contributed by atoms with van der Waals surface area (Å²) in [5, 5.41) is 9.37. The number of nitrogens with one attached hydrogen (secondary N) is 1. The number of hydrogen-bond acceptors (Lipinski definition) is 10. The zero-order valence-electron chi connectivity index (χ0n) is 18.5. The number of ether oxygens (including phenoxy) is 3. The SMILES string of the molecule is C(=N\Nc1cc(OCCN2CCOCC2)nc(N2CCOCC2)c1)/c1noc2ccccc12. The van der Waals surface area contributed by atoms with Gasteiger partial charge in [-0.1, -0.05) is 17.3 Å². The summed E-state index contributed by atoms with van der Waals surface area (Å²) in [4.78, 5) is 9.25. The van der Waals surface area contributed by atoms with Gasteiger partial charge in [-0.15, -0.1) is 0 Å². The molecule has 2 aliphatic rings. The highest BCUT2D eigenvalue weighted by molar-refractivity contribution is 5.95. The summed E-state index contributed by atoms with van der Waals surface area (Å²) < 4.78 is 22.2. The summed E-state index contributed by atoms with van der Waals surface area (Å²) >= 11 is 0. The molecule has 0 saturated carbocycles. The maximum absolute atomic E-state index is 6.02. The van der Waals surface area contributed by atoms with Gasteiger partial charge in [-0.05, 0) is 12.1 Å². The minimum atomic E-state index is 0.563. The molecule has 1 N–H and O–H groups in total. The third-order valence-electron chi connectivity index (χ3n) is 5.67. The number of hydrogen-bond donors (Lipinski definition) is 1. The molecule has 0 unspecified atom stereocenters. The fraction of sp³-hybridized carbons (Fsp3) is 0.435. The maximum Gasteiger partial charge on any atom is 0.217 e. The highest BCUT2D eigenvalue weighted by atomic mass is 16.5. The van der Waals surface area contributed by atoms with Gasteiger partial charge in [0.1, 0.15) is 18.1 Å². The number of fused-ring (bicyclic) bond motifs is 1. The van der Waals surface area contributed by atoms with E-state index in [1.807, 2.05) is 36.4 Å². The van der Waals surface area contributed by atoms with Crippen molar-refractivity contribution in [1.82, 2.24) is 15.0 Å². The lowest BCUT2D eigenvalue weighted by atomic mass is 10.2. The van der Waals surface area contributed by atoms with Crippen molar-refractivity contribution in [2.24, 2.45) is 5.10 Å². The molecule has 0 aliphatic carbocycles. The molecule has 174 valence electrons. The van der Waals surface area contributed by atoms with E-state index >= 15 is 0 Å². The quantitative estimate of drug-likeness (QED) is 0.407. The van der Waals surface area contributed by atoms with Crippen LogP contribution in [-0.4, -0.2) is 87.0 Å². The van der Waals surface area contributed by atoms with Crippen molar-refractivity contribution >= 4 is 28.7 Å². The Hall–Kier alpha value is -3.21. The van der Waals surface area contributed by atoms with Crippen LogP contribution in [0.15, 0.2) is 46.0 Å². The summed E-state index contributed by atoms with van der Waals surface area (Å²) in [7, 11) is 0. The van der Waals surface area contributed by atoms with Crippen LogP contribution in [0.25, 0.3) is 11.0 Å². The fourth-order valence-electron chi connectivity index (χ4n) is 3.85. The summed E-state index contributed by atoms with van der Waals surface area (Å²) in [5.74, 6) is 1.41. The van der Waals surface area contributed by atoms with Crippen LogP contribution in [0.1, 0.15) is 5.69 Å². The Balaban J connectivity index is 1.28. The van der Waals surface area contributed by atoms with Crippen molar-refractivity contribution in [3.05, 3.63) is 42.1 Å². The molecule has 0 atom stereocenters. The Labute approximate surface area is 192 Å².